The SMILES string of the molecule is CCn1cc(Cc2cccc(C)c2)nc1N. The monoisotopic (exact) mass is 215 g/mol. The van der Waals surface area contributed by atoms with Crippen LogP contribution in [0.4, 0.5) is 5.95 Å². The molecule has 0 bridgehead atoms. The summed E-state index contributed by atoms with van der Waals surface area (Å²) in [6, 6.07) is 8.47. The van der Waals surface area contributed by atoms with Crippen molar-refractivity contribution in [2.75, 3.05) is 5.73 Å². The summed E-state index contributed by atoms with van der Waals surface area (Å²) in [7, 11) is 0. The number of imidazole rings is 1. The first-order valence-corrected chi connectivity index (χ1v) is 5.56. The molecule has 1 aromatic heterocycles. The molecule has 0 saturated heterocycles. The van der Waals surface area contributed by atoms with Crippen LogP contribution in [-0.2, 0) is 13.0 Å². The van der Waals surface area contributed by atoms with Crippen LogP contribution in [0.3, 0.4) is 0 Å². The summed E-state index contributed by atoms with van der Waals surface area (Å²) in [5.74, 6) is 0.602. The normalized spacial score (nSPS) is 10.6. The van der Waals surface area contributed by atoms with E-state index in [9.17, 15) is 0 Å². The van der Waals surface area contributed by atoms with Crippen molar-refractivity contribution in [2.45, 2.75) is 26.8 Å². The third kappa shape index (κ3) is 2.24. The van der Waals surface area contributed by atoms with Crippen LogP contribution in [0.15, 0.2) is 30.5 Å². The molecule has 0 aliphatic heterocycles. The van der Waals surface area contributed by atoms with Crippen LogP contribution in [0.1, 0.15) is 23.7 Å². The number of hydrogen-bond acceptors (Lipinski definition) is 2. The number of benzene rings is 1. The van der Waals surface area contributed by atoms with Crippen molar-refractivity contribution >= 4 is 5.95 Å². The van der Waals surface area contributed by atoms with Crippen LogP contribution in [0, 0.1) is 6.92 Å². The second-order valence-electron chi connectivity index (χ2n) is 4.04. The lowest BCUT2D eigenvalue weighted by Crippen LogP contribution is -1.98. The van der Waals surface area contributed by atoms with Crippen LogP contribution in [0.2, 0.25) is 0 Å². The molecule has 2 N–H and O–H groups in total. The Bertz CT molecular complexity index is 486. The van der Waals surface area contributed by atoms with Gasteiger partial charge in [0.1, 0.15) is 0 Å². The third-order valence-electron chi connectivity index (χ3n) is 2.67. The predicted octanol–water partition coefficient (Wildman–Crippen LogP) is 2.38. The van der Waals surface area contributed by atoms with E-state index in [1.54, 1.807) is 0 Å². The van der Waals surface area contributed by atoms with Crippen molar-refractivity contribution in [3.05, 3.63) is 47.3 Å². The van der Waals surface area contributed by atoms with Gasteiger partial charge >= 0.3 is 0 Å². The Balaban J connectivity index is 2.20. The largest absolute Gasteiger partial charge is 0.369 e. The number of aromatic nitrogens is 2. The summed E-state index contributed by atoms with van der Waals surface area (Å²) in [5, 5.41) is 0. The van der Waals surface area contributed by atoms with E-state index in [1.807, 2.05) is 10.8 Å². The molecule has 84 valence electrons. The molecule has 16 heavy (non-hydrogen) atoms. The Morgan fingerprint density at radius 1 is 1.38 bits per heavy atom. The molecule has 0 unspecified atom stereocenters. The highest BCUT2D eigenvalue weighted by atomic mass is 15.1. The van der Waals surface area contributed by atoms with Gasteiger partial charge in [-0.2, -0.15) is 0 Å². The lowest BCUT2D eigenvalue weighted by Gasteiger charge is -1.99. The molecule has 0 saturated carbocycles. The fraction of sp³-hybridized carbons (Fsp3) is 0.308. The van der Waals surface area contributed by atoms with E-state index in [-0.39, 0.29) is 0 Å². The number of nitrogen functional groups attached to an aromatic ring is 1. The lowest BCUT2D eigenvalue weighted by atomic mass is 10.1. The van der Waals surface area contributed by atoms with Gasteiger partial charge in [-0.3, -0.25) is 0 Å². The zero-order valence-electron chi connectivity index (χ0n) is 9.77. The van der Waals surface area contributed by atoms with Gasteiger partial charge in [-0.05, 0) is 19.4 Å². The molecule has 2 aromatic rings. The molecule has 0 aliphatic carbocycles. The number of rotatable bonds is 3. The summed E-state index contributed by atoms with van der Waals surface area (Å²) in [6.45, 7) is 5.03. The minimum Gasteiger partial charge on any atom is -0.369 e. The van der Waals surface area contributed by atoms with E-state index in [0.717, 1.165) is 18.7 Å². The molecule has 0 spiro atoms. The van der Waals surface area contributed by atoms with Gasteiger partial charge in [0.05, 0.1) is 5.69 Å². The molecule has 0 aliphatic rings. The highest BCUT2D eigenvalue weighted by molar-refractivity contribution is 5.29. The first-order chi connectivity index (χ1) is 7.69. The summed E-state index contributed by atoms with van der Waals surface area (Å²) in [5.41, 5.74) is 9.38. The molecule has 0 radical (unpaired) electrons. The maximum Gasteiger partial charge on any atom is 0.200 e. The summed E-state index contributed by atoms with van der Waals surface area (Å²) < 4.78 is 1.96. The van der Waals surface area contributed by atoms with Crippen LogP contribution >= 0.6 is 0 Å². The molecule has 2 rings (SSSR count). The molecule has 0 fully saturated rings. The van der Waals surface area contributed by atoms with Gasteiger partial charge in [0.2, 0.25) is 0 Å². The second kappa shape index (κ2) is 4.39. The van der Waals surface area contributed by atoms with E-state index in [0.29, 0.717) is 5.95 Å². The van der Waals surface area contributed by atoms with Crippen LogP contribution in [-0.4, -0.2) is 9.55 Å². The molecule has 3 heteroatoms. The van der Waals surface area contributed by atoms with E-state index >= 15 is 0 Å². The van der Waals surface area contributed by atoms with Gasteiger partial charge in [0, 0.05) is 19.2 Å². The maximum atomic E-state index is 5.79. The summed E-state index contributed by atoms with van der Waals surface area (Å²) in [4.78, 5) is 4.35. The van der Waals surface area contributed by atoms with Crippen molar-refractivity contribution in [2.24, 2.45) is 0 Å². The molecule has 1 aromatic carbocycles. The highest BCUT2D eigenvalue weighted by Crippen LogP contribution is 2.12. The number of nitrogens with two attached hydrogens (primary N) is 1. The van der Waals surface area contributed by atoms with Crippen molar-refractivity contribution in [3.8, 4) is 0 Å². The van der Waals surface area contributed by atoms with Gasteiger partial charge < -0.3 is 10.3 Å². The van der Waals surface area contributed by atoms with Gasteiger partial charge in [-0.25, -0.2) is 4.98 Å². The fourth-order valence-electron chi connectivity index (χ4n) is 1.86. The van der Waals surface area contributed by atoms with Crippen molar-refractivity contribution in [3.63, 3.8) is 0 Å². The van der Waals surface area contributed by atoms with Gasteiger partial charge in [0.25, 0.3) is 0 Å². The van der Waals surface area contributed by atoms with Crippen molar-refractivity contribution in [1.29, 1.82) is 0 Å². The zero-order valence-corrected chi connectivity index (χ0v) is 9.77. The number of nitrogens with zero attached hydrogens (tertiary/aromatic N) is 2. The van der Waals surface area contributed by atoms with Gasteiger partial charge in [0.15, 0.2) is 5.95 Å². The Kier molecular flexibility index (Phi) is 2.95. The smallest absolute Gasteiger partial charge is 0.200 e. The molecule has 0 amide bonds. The zero-order chi connectivity index (χ0) is 11.5. The van der Waals surface area contributed by atoms with Crippen molar-refractivity contribution < 1.29 is 0 Å². The Morgan fingerprint density at radius 2 is 2.19 bits per heavy atom. The first-order valence-electron chi connectivity index (χ1n) is 5.56. The maximum absolute atomic E-state index is 5.79. The Morgan fingerprint density at radius 3 is 2.81 bits per heavy atom. The summed E-state index contributed by atoms with van der Waals surface area (Å²) >= 11 is 0. The number of anilines is 1. The molecular weight excluding hydrogens is 198 g/mol. The Hall–Kier alpha value is -1.77. The quantitative estimate of drug-likeness (QED) is 0.854. The van der Waals surface area contributed by atoms with E-state index in [1.165, 1.54) is 11.1 Å². The topological polar surface area (TPSA) is 43.8 Å². The van der Waals surface area contributed by atoms with E-state index < -0.39 is 0 Å². The minimum atomic E-state index is 0.602. The average Bonchev–Trinajstić information content (AvgIpc) is 2.58. The van der Waals surface area contributed by atoms with Gasteiger partial charge in [-0.1, -0.05) is 29.8 Å². The average molecular weight is 215 g/mol. The standard InChI is InChI=1S/C13H17N3/c1-3-16-9-12(15-13(16)14)8-11-6-4-5-10(2)7-11/h4-7,9H,3,8H2,1-2H3,(H2,14,15). The van der Waals surface area contributed by atoms with E-state index in [4.69, 9.17) is 5.73 Å². The molecule has 0 atom stereocenters. The lowest BCUT2D eigenvalue weighted by molar-refractivity contribution is 0.773. The molecular formula is C13H17N3. The first kappa shape index (κ1) is 10.7. The fourth-order valence-corrected chi connectivity index (χ4v) is 1.86. The summed E-state index contributed by atoms with van der Waals surface area (Å²) in [6.07, 6.45) is 2.87. The van der Waals surface area contributed by atoms with Crippen LogP contribution in [0.25, 0.3) is 0 Å². The molecule has 1 heterocycles. The Labute approximate surface area is 95.9 Å². The van der Waals surface area contributed by atoms with E-state index in [2.05, 4.69) is 43.1 Å². The van der Waals surface area contributed by atoms with Gasteiger partial charge in [-0.15, -0.1) is 0 Å². The second-order valence-corrected chi connectivity index (χ2v) is 4.04. The molecule has 3 nitrogen and oxygen atoms in total. The minimum absolute atomic E-state index is 0.602. The predicted molar refractivity (Wildman–Crippen MR) is 66.3 cm³/mol. The van der Waals surface area contributed by atoms with Crippen LogP contribution < -0.4 is 5.73 Å². The highest BCUT2D eigenvalue weighted by Gasteiger charge is 2.04. The van der Waals surface area contributed by atoms with Crippen molar-refractivity contribution in [1.82, 2.24) is 9.55 Å². The number of hydrogen-bond donors (Lipinski definition) is 1. The van der Waals surface area contributed by atoms with Crippen LogP contribution in [0.5, 0.6) is 0 Å². The number of aryl methyl sites for hydroxylation is 2. The third-order valence-corrected chi connectivity index (χ3v) is 2.67.